The summed E-state index contributed by atoms with van der Waals surface area (Å²) in [5, 5.41) is 16.5. The van der Waals surface area contributed by atoms with Crippen molar-refractivity contribution < 1.29 is 14.5 Å². The fourth-order valence-corrected chi connectivity index (χ4v) is 3.29. The summed E-state index contributed by atoms with van der Waals surface area (Å²) in [5.41, 5.74) is 1.97. The number of nitro benzene ring substituents is 1. The molecule has 0 aliphatic heterocycles. The Balaban J connectivity index is 1.48. The molecule has 31 heavy (non-hydrogen) atoms. The second-order valence-electron chi connectivity index (χ2n) is 7.08. The lowest BCUT2D eigenvalue weighted by atomic mass is 10.1. The molecule has 4 aromatic carbocycles. The first kappa shape index (κ1) is 20.1. The molecule has 154 valence electrons. The average Bonchev–Trinajstić information content (AvgIpc) is 2.81. The molecule has 0 bridgehead atoms. The highest BCUT2D eigenvalue weighted by molar-refractivity contribution is 5.95. The number of nitro groups is 1. The minimum Gasteiger partial charge on any atom is -0.482 e. The predicted molar refractivity (Wildman–Crippen MR) is 119 cm³/mol. The van der Waals surface area contributed by atoms with Gasteiger partial charge in [0, 0.05) is 24.2 Å². The van der Waals surface area contributed by atoms with Crippen molar-refractivity contribution in [2.24, 2.45) is 0 Å². The van der Waals surface area contributed by atoms with Crippen LogP contribution in [0, 0.1) is 10.1 Å². The fourth-order valence-electron chi connectivity index (χ4n) is 3.29. The maximum atomic E-state index is 12.7. The Labute approximate surface area is 179 Å². The fraction of sp³-hybridized carbons (Fsp3) is 0.0800. The van der Waals surface area contributed by atoms with Gasteiger partial charge in [0.1, 0.15) is 6.61 Å². The van der Waals surface area contributed by atoms with Crippen LogP contribution in [0.15, 0.2) is 91.0 Å². The van der Waals surface area contributed by atoms with E-state index in [0.717, 1.165) is 21.9 Å². The molecule has 6 heteroatoms. The van der Waals surface area contributed by atoms with Crippen LogP contribution < -0.4 is 10.1 Å². The van der Waals surface area contributed by atoms with Crippen LogP contribution in [0.3, 0.4) is 0 Å². The topological polar surface area (TPSA) is 81.5 Å². The van der Waals surface area contributed by atoms with E-state index in [4.69, 9.17) is 4.74 Å². The van der Waals surface area contributed by atoms with Crippen LogP contribution in [-0.2, 0) is 13.2 Å². The Morgan fingerprint density at radius 2 is 1.58 bits per heavy atom. The molecule has 4 rings (SSSR count). The van der Waals surface area contributed by atoms with Crippen LogP contribution in [0.25, 0.3) is 10.8 Å². The molecule has 0 aliphatic carbocycles. The number of rotatable bonds is 7. The Kier molecular flexibility index (Phi) is 5.89. The van der Waals surface area contributed by atoms with E-state index in [9.17, 15) is 14.9 Å². The Morgan fingerprint density at radius 1 is 0.839 bits per heavy atom. The van der Waals surface area contributed by atoms with Gasteiger partial charge in [-0.2, -0.15) is 0 Å². The third-order valence-electron chi connectivity index (χ3n) is 4.92. The zero-order chi connectivity index (χ0) is 21.6. The monoisotopic (exact) mass is 412 g/mol. The SMILES string of the molecule is O=C(NCc1ccc2ccccc2c1)c1ccc([N+](=O)[O-])c(OCc2ccccc2)c1. The molecular weight excluding hydrogens is 392 g/mol. The van der Waals surface area contributed by atoms with E-state index < -0.39 is 4.92 Å². The van der Waals surface area contributed by atoms with Crippen molar-refractivity contribution in [3.05, 3.63) is 118 Å². The molecule has 0 saturated carbocycles. The van der Waals surface area contributed by atoms with Gasteiger partial charge in [0.25, 0.3) is 5.91 Å². The second-order valence-corrected chi connectivity index (χ2v) is 7.08. The van der Waals surface area contributed by atoms with Gasteiger partial charge in [0.05, 0.1) is 4.92 Å². The smallest absolute Gasteiger partial charge is 0.310 e. The van der Waals surface area contributed by atoms with Crippen molar-refractivity contribution in [1.29, 1.82) is 0 Å². The highest BCUT2D eigenvalue weighted by Crippen LogP contribution is 2.29. The first-order valence-corrected chi connectivity index (χ1v) is 9.81. The standard InChI is InChI=1S/C25H20N2O4/c28-25(26-16-19-10-11-20-8-4-5-9-21(20)14-19)22-12-13-23(27(29)30)24(15-22)31-17-18-6-2-1-3-7-18/h1-15H,16-17H2,(H,26,28). The van der Waals surface area contributed by atoms with E-state index in [2.05, 4.69) is 5.32 Å². The summed E-state index contributed by atoms with van der Waals surface area (Å²) in [6, 6.07) is 27.5. The number of ether oxygens (including phenoxy) is 1. The maximum absolute atomic E-state index is 12.7. The van der Waals surface area contributed by atoms with Crippen LogP contribution in [0.5, 0.6) is 5.75 Å². The Hall–Kier alpha value is -4.19. The molecule has 0 aliphatic rings. The number of nitrogens with zero attached hydrogens (tertiary/aromatic N) is 1. The van der Waals surface area contributed by atoms with Crippen molar-refractivity contribution in [2.45, 2.75) is 13.2 Å². The van der Waals surface area contributed by atoms with Gasteiger partial charge >= 0.3 is 5.69 Å². The number of nitrogens with one attached hydrogen (secondary N) is 1. The number of carbonyl (C=O) groups is 1. The highest BCUT2D eigenvalue weighted by atomic mass is 16.6. The molecule has 1 N–H and O–H groups in total. The minimum absolute atomic E-state index is 0.0622. The average molecular weight is 412 g/mol. The van der Waals surface area contributed by atoms with Gasteiger partial charge < -0.3 is 10.1 Å². The summed E-state index contributed by atoms with van der Waals surface area (Å²) >= 11 is 0. The largest absolute Gasteiger partial charge is 0.482 e. The quantitative estimate of drug-likeness (QED) is 0.332. The van der Waals surface area contributed by atoms with E-state index in [0.29, 0.717) is 12.1 Å². The molecule has 0 aromatic heterocycles. The highest BCUT2D eigenvalue weighted by Gasteiger charge is 2.18. The zero-order valence-corrected chi connectivity index (χ0v) is 16.7. The zero-order valence-electron chi connectivity index (χ0n) is 16.7. The molecule has 1 amide bonds. The Morgan fingerprint density at radius 3 is 2.35 bits per heavy atom. The van der Waals surface area contributed by atoms with Gasteiger partial charge in [-0.05, 0) is 34.0 Å². The van der Waals surface area contributed by atoms with Crippen molar-refractivity contribution in [1.82, 2.24) is 5.32 Å². The van der Waals surface area contributed by atoms with Crippen LogP contribution in [0.1, 0.15) is 21.5 Å². The molecule has 0 unspecified atom stereocenters. The molecule has 0 radical (unpaired) electrons. The summed E-state index contributed by atoms with van der Waals surface area (Å²) < 4.78 is 5.66. The summed E-state index contributed by atoms with van der Waals surface area (Å²) in [7, 11) is 0. The van der Waals surface area contributed by atoms with Crippen LogP contribution in [0.2, 0.25) is 0 Å². The number of hydrogen-bond donors (Lipinski definition) is 1. The van der Waals surface area contributed by atoms with Crippen molar-refractivity contribution >= 4 is 22.4 Å². The van der Waals surface area contributed by atoms with Gasteiger partial charge in [-0.3, -0.25) is 14.9 Å². The van der Waals surface area contributed by atoms with Gasteiger partial charge in [0.2, 0.25) is 0 Å². The van der Waals surface area contributed by atoms with Gasteiger partial charge in [-0.1, -0.05) is 66.7 Å². The molecule has 4 aromatic rings. The molecule has 0 atom stereocenters. The second kappa shape index (κ2) is 9.09. The number of benzene rings is 4. The number of carbonyl (C=O) groups excluding carboxylic acids is 1. The third-order valence-corrected chi connectivity index (χ3v) is 4.92. The van der Waals surface area contributed by atoms with E-state index in [1.54, 1.807) is 0 Å². The van der Waals surface area contributed by atoms with E-state index in [-0.39, 0.29) is 24.0 Å². The first-order valence-electron chi connectivity index (χ1n) is 9.81. The lowest BCUT2D eigenvalue weighted by Crippen LogP contribution is -2.22. The van der Waals surface area contributed by atoms with Gasteiger partial charge in [0.15, 0.2) is 5.75 Å². The third kappa shape index (κ3) is 4.87. The van der Waals surface area contributed by atoms with Crippen molar-refractivity contribution in [3.8, 4) is 5.75 Å². The van der Waals surface area contributed by atoms with E-state index in [1.165, 1.54) is 18.2 Å². The lowest BCUT2D eigenvalue weighted by molar-refractivity contribution is -0.385. The van der Waals surface area contributed by atoms with E-state index >= 15 is 0 Å². The minimum atomic E-state index is -0.517. The molecule has 0 saturated heterocycles. The number of hydrogen-bond acceptors (Lipinski definition) is 4. The Bertz CT molecular complexity index is 1240. The van der Waals surface area contributed by atoms with Gasteiger partial charge in [-0.25, -0.2) is 0 Å². The van der Waals surface area contributed by atoms with Crippen molar-refractivity contribution in [2.75, 3.05) is 0 Å². The molecule has 0 fully saturated rings. The number of amides is 1. The van der Waals surface area contributed by atoms with Gasteiger partial charge in [-0.15, -0.1) is 0 Å². The van der Waals surface area contributed by atoms with Crippen LogP contribution >= 0.6 is 0 Å². The van der Waals surface area contributed by atoms with Crippen molar-refractivity contribution in [3.63, 3.8) is 0 Å². The number of fused-ring (bicyclic) bond motifs is 1. The van der Waals surface area contributed by atoms with Crippen LogP contribution in [0.4, 0.5) is 5.69 Å². The normalized spacial score (nSPS) is 10.6. The first-order chi connectivity index (χ1) is 15.1. The molecule has 0 heterocycles. The predicted octanol–water partition coefficient (Wildman–Crippen LogP) is 5.26. The summed E-state index contributed by atoms with van der Waals surface area (Å²) in [6.45, 7) is 0.519. The summed E-state index contributed by atoms with van der Waals surface area (Å²) in [6.07, 6.45) is 0. The maximum Gasteiger partial charge on any atom is 0.310 e. The molecular formula is C25H20N2O4. The summed E-state index contributed by atoms with van der Waals surface area (Å²) in [5.74, 6) is -0.264. The summed E-state index contributed by atoms with van der Waals surface area (Å²) in [4.78, 5) is 23.5. The lowest BCUT2D eigenvalue weighted by Gasteiger charge is -2.10. The van der Waals surface area contributed by atoms with Crippen LogP contribution in [-0.4, -0.2) is 10.8 Å². The molecule has 6 nitrogen and oxygen atoms in total. The molecule has 0 spiro atoms. The van der Waals surface area contributed by atoms with E-state index in [1.807, 2.05) is 72.8 Å².